The highest BCUT2D eigenvalue weighted by Gasteiger charge is 2.62. The highest BCUT2D eigenvalue weighted by atomic mass is 32.2. The summed E-state index contributed by atoms with van der Waals surface area (Å²) >= 11 is 0. The van der Waals surface area contributed by atoms with Gasteiger partial charge in [-0.2, -0.15) is 0 Å². The van der Waals surface area contributed by atoms with E-state index in [0.29, 0.717) is 43.2 Å². The zero-order valence-corrected chi connectivity index (χ0v) is 33.1. The van der Waals surface area contributed by atoms with E-state index in [0.717, 1.165) is 38.5 Å². The van der Waals surface area contributed by atoms with Crippen molar-refractivity contribution in [3.05, 3.63) is 47.3 Å². The molecule has 3 heterocycles. The number of hydrogen-bond acceptors (Lipinski definition) is 9. The van der Waals surface area contributed by atoms with E-state index in [1.807, 2.05) is 12.2 Å². The molecule has 17 heteroatoms. The number of nitrogens with zero attached hydrogens (tertiary/aromatic N) is 2. The lowest BCUT2D eigenvalue weighted by atomic mass is 9.83. The fraction of sp³-hybridized carbons (Fsp3) is 0.650. The number of nitrogens with one attached hydrogen (secondary N) is 4. The average Bonchev–Trinajstić information content (AvgIpc) is 4.06. The van der Waals surface area contributed by atoms with Crippen molar-refractivity contribution >= 4 is 45.7 Å². The molecule has 6 aliphatic rings. The Morgan fingerprint density at radius 3 is 2.44 bits per heavy atom. The van der Waals surface area contributed by atoms with E-state index in [9.17, 15) is 41.6 Å². The fourth-order valence-corrected chi connectivity index (χ4v) is 10.3. The normalized spacial score (nSPS) is 29.3. The van der Waals surface area contributed by atoms with Crippen molar-refractivity contribution in [2.24, 2.45) is 11.8 Å². The van der Waals surface area contributed by atoms with Gasteiger partial charge < -0.3 is 25.6 Å². The van der Waals surface area contributed by atoms with Gasteiger partial charge in [0, 0.05) is 31.4 Å². The van der Waals surface area contributed by atoms with Crippen molar-refractivity contribution in [2.45, 2.75) is 145 Å². The Labute approximate surface area is 332 Å². The van der Waals surface area contributed by atoms with Gasteiger partial charge in [0.1, 0.15) is 35.6 Å². The lowest BCUT2D eigenvalue weighted by Gasteiger charge is -2.33. The number of benzene rings is 1. The number of amides is 6. The third kappa shape index (κ3) is 9.12. The zero-order valence-electron chi connectivity index (χ0n) is 32.3. The predicted octanol–water partition coefficient (Wildman–Crippen LogP) is 2.82. The number of sulfonamides is 1. The molecule has 3 saturated carbocycles. The lowest BCUT2D eigenvalue weighted by molar-refractivity contribution is -0.143. The minimum Gasteiger partial charge on any atom is -0.444 e. The molecule has 4 fully saturated rings. The Hall–Kier alpha value is -4.54. The second-order valence-electron chi connectivity index (χ2n) is 16.6. The van der Waals surface area contributed by atoms with E-state index in [2.05, 4.69) is 20.7 Å². The van der Waals surface area contributed by atoms with E-state index in [-0.39, 0.29) is 50.7 Å². The van der Waals surface area contributed by atoms with E-state index in [1.165, 1.54) is 22.8 Å². The molecule has 6 atom stereocenters. The molecular weight excluding hydrogens is 760 g/mol. The number of rotatable bonds is 8. The molecular formula is C40H53FN6O9S. The summed E-state index contributed by atoms with van der Waals surface area (Å²) in [5.41, 5.74) is -0.554. The fourth-order valence-electron chi connectivity index (χ4n) is 8.92. The molecule has 0 radical (unpaired) electrons. The van der Waals surface area contributed by atoms with E-state index in [4.69, 9.17) is 4.74 Å². The van der Waals surface area contributed by atoms with Crippen LogP contribution in [0.3, 0.4) is 0 Å². The van der Waals surface area contributed by atoms with E-state index < -0.39 is 86.5 Å². The maximum atomic E-state index is 14.7. The Morgan fingerprint density at radius 1 is 0.982 bits per heavy atom. The van der Waals surface area contributed by atoms with Crippen LogP contribution in [0, 0.1) is 17.7 Å². The maximum Gasteiger partial charge on any atom is 0.410 e. The topological polar surface area (TPSA) is 200 Å². The monoisotopic (exact) mass is 812 g/mol. The van der Waals surface area contributed by atoms with Crippen molar-refractivity contribution < 1.29 is 46.3 Å². The molecule has 4 N–H and O–H groups in total. The molecule has 1 aromatic carbocycles. The van der Waals surface area contributed by atoms with Gasteiger partial charge in [-0.25, -0.2) is 17.6 Å². The van der Waals surface area contributed by atoms with Gasteiger partial charge in [0.2, 0.25) is 33.7 Å². The molecule has 1 unspecified atom stereocenters. The number of halogens is 1. The van der Waals surface area contributed by atoms with Crippen LogP contribution in [0.2, 0.25) is 0 Å². The maximum absolute atomic E-state index is 14.7. The third-order valence-electron chi connectivity index (χ3n) is 12.4. The highest BCUT2D eigenvalue weighted by Crippen LogP contribution is 2.46. The van der Waals surface area contributed by atoms with Gasteiger partial charge in [0.05, 0.1) is 18.3 Å². The number of carbonyl (C=O) groups is 6. The molecule has 6 amide bonds. The minimum absolute atomic E-state index is 0.0129. The Bertz CT molecular complexity index is 1920. The minimum atomic E-state index is -3.94. The average molecular weight is 813 g/mol. The predicted molar refractivity (Wildman–Crippen MR) is 203 cm³/mol. The van der Waals surface area contributed by atoms with Crippen molar-refractivity contribution in [3.8, 4) is 0 Å². The smallest absolute Gasteiger partial charge is 0.410 e. The van der Waals surface area contributed by atoms with Gasteiger partial charge in [-0.05, 0) is 68.9 Å². The summed E-state index contributed by atoms with van der Waals surface area (Å²) in [7, 11) is -3.94. The van der Waals surface area contributed by atoms with Crippen LogP contribution in [0.5, 0.6) is 0 Å². The molecule has 310 valence electrons. The first kappa shape index (κ1) is 40.6. The van der Waals surface area contributed by atoms with Gasteiger partial charge in [-0.3, -0.25) is 33.6 Å². The molecule has 7 rings (SSSR count). The first-order valence-electron chi connectivity index (χ1n) is 20.4. The van der Waals surface area contributed by atoms with Gasteiger partial charge >= 0.3 is 6.09 Å². The van der Waals surface area contributed by atoms with Gasteiger partial charge in [0.15, 0.2) is 0 Å². The zero-order chi connectivity index (χ0) is 40.5. The molecule has 57 heavy (non-hydrogen) atoms. The van der Waals surface area contributed by atoms with Crippen LogP contribution in [0.25, 0.3) is 0 Å². The van der Waals surface area contributed by atoms with E-state index in [1.54, 1.807) is 12.1 Å². The Morgan fingerprint density at radius 2 is 1.72 bits per heavy atom. The highest BCUT2D eigenvalue weighted by molar-refractivity contribution is 7.91. The standard InChI is InChI=1S/C40H53FN6O9S/c1-24(48)42-34(25-11-6-5-7-12-25)36(50)43-32-16-9-4-2-3-8-14-27-20-40(27,38(52)45-57(54,55)29-17-18-29)44-35(49)33-19-28(22-47(33)37(32)51)56-39(53)46-21-26-13-10-15-31(41)30(26)23-46/h8,10,13-15,25,27-29,32-34H,2-7,9,11-12,16-23H2,1H3,(H,42,48)(H,43,50)(H,44,49)(H,45,52)/b14-8+/t27-,28-,32+,33+,34?,40-/m1/s1. The van der Waals surface area contributed by atoms with Crippen LogP contribution in [0.4, 0.5) is 9.18 Å². The Kier molecular flexibility index (Phi) is 11.9. The summed E-state index contributed by atoms with van der Waals surface area (Å²) < 4.78 is 48.3. The molecule has 0 bridgehead atoms. The van der Waals surface area contributed by atoms with E-state index >= 15 is 0 Å². The molecule has 1 saturated heterocycles. The van der Waals surface area contributed by atoms with Crippen LogP contribution in [-0.2, 0) is 51.8 Å². The van der Waals surface area contributed by atoms with Crippen LogP contribution in [0.1, 0.15) is 108 Å². The largest absolute Gasteiger partial charge is 0.444 e. The first-order valence-corrected chi connectivity index (χ1v) is 21.9. The van der Waals surface area contributed by atoms with Crippen molar-refractivity contribution in [3.63, 3.8) is 0 Å². The number of carbonyl (C=O) groups excluding carboxylic acids is 6. The second kappa shape index (κ2) is 16.7. The number of allylic oxidation sites excluding steroid dienone is 1. The number of fused-ring (bicyclic) bond motifs is 3. The number of hydrogen-bond donors (Lipinski definition) is 4. The SMILES string of the molecule is CC(=O)NC(C(=O)N[C@H]1CCCCC/C=C/[C@@H]2C[C@@]2(C(=O)NS(=O)(=O)C2CC2)NC(=O)[C@@H]2C[C@@H](OC(=O)N3Cc4cccc(F)c4C3)CN2C1=O)C1CCCCC1. The van der Waals surface area contributed by atoms with Crippen LogP contribution in [-0.4, -0.2) is 95.4 Å². The van der Waals surface area contributed by atoms with Gasteiger partial charge in [0.25, 0.3) is 5.91 Å². The van der Waals surface area contributed by atoms with Crippen LogP contribution in [0.15, 0.2) is 30.4 Å². The summed E-state index contributed by atoms with van der Waals surface area (Å²) in [6.45, 7) is 1.24. The van der Waals surface area contributed by atoms with Crippen LogP contribution >= 0.6 is 0 Å². The summed E-state index contributed by atoms with van der Waals surface area (Å²) in [6.07, 6.45) is 10.1. The summed E-state index contributed by atoms with van der Waals surface area (Å²) in [6, 6.07) is 1.41. The Balaban J connectivity index is 1.15. The molecule has 1 aromatic rings. The quantitative estimate of drug-likeness (QED) is 0.285. The summed E-state index contributed by atoms with van der Waals surface area (Å²) in [4.78, 5) is 85.2. The molecule has 0 aromatic heterocycles. The first-order chi connectivity index (χ1) is 27.3. The molecule has 15 nitrogen and oxygen atoms in total. The summed E-state index contributed by atoms with van der Waals surface area (Å²) in [5, 5.41) is 7.86. The van der Waals surface area contributed by atoms with Crippen molar-refractivity contribution in [1.29, 1.82) is 0 Å². The molecule has 0 spiro atoms. The number of ether oxygens (including phenoxy) is 1. The lowest BCUT2D eigenvalue weighted by Crippen LogP contribution is -2.59. The van der Waals surface area contributed by atoms with Gasteiger partial charge in [-0.15, -0.1) is 0 Å². The van der Waals surface area contributed by atoms with Crippen LogP contribution < -0.4 is 20.7 Å². The molecule has 3 aliphatic heterocycles. The van der Waals surface area contributed by atoms with Gasteiger partial charge in [-0.1, -0.05) is 56.4 Å². The van der Waals surface area contributed by atoms with Crippen molar-refractivity contribution in [2.75, 3.05) is 6.54 Å². The molecule has 3 aliphatic carbocycles. The summed E-state index contributed by atoms with van der Waals surface area (Å²) in [5.74, 6) is -4.06. The van der Waals surface area contributed by atoms with Crippen molar-refractivity contribution in [1.82, 2.24) is 30.5 Å². The third-order valence-corrected chi connectivity index (χ3v) is 14.2. The second-order valence-corrected chi connectivity index (χ2v) is 18.6.